The van der Waals surface area contributed by atoms with Crippen molar-refractivity contribution in [1.29, 1.82) is 0 Å². The van der Waals surface area contributed by atoms with Crippen LogP contribution in [0.15, 0.2) is 45.7 Å². The van der Waals surface area contributed by atoms with E-state index in [1.807, 2.05) is 18.2 Å². The normalized spacial score (nSPS) is 10.1. The monoisotopic (exact) mass is 312 g/mol. The van der Waals surface area contributed by atoms with E-state index in [9.17, 15) is 0 Å². The van der Waals surface area contributed by atoms with Crippen LogP contribution < -0.4 is 0 Å². The predicted octanol–water partition coefficient (Wildman–Crippen LogP) is 3.67. The summed E-state index contributed by atoms with van der Waals surface area (Å²) in [6.07, 6.45) is 5.28. The highest BCUT2D eigenvalue weighted by atomic mass is 79.9. The maximum atomic E-state index is 4.30. The summed E-state index contributed by atoms with van der Waals surface area (Å²) in [5.74, 6) is 0. The van der Waals surface area contributed by atoms with Crippen LogP contribution in [0.4, 0.5) is 0 Å². The number of halogens is 2. The summed E-state index contributed by atoms with van der Waals surface area (Å²) in [7, 11) is 0. The largest absolute Gasteiger partial charge is 0.265 e. The molecule has 0 fully saturated rings. The summed E-state index contributed by atoms with van der Waals surface area (Å²) in [5.41, 5.74) is 1.97. The molecule has 0 aliphatic carbocycles. The Kier molecular flexibility index (Phi) is 2.93. The third-order valence-corrected chi connectivity index (χ3v) is 3.79. The minimum Gasteiger partial charge on any atom is -0.265 e. The fraction of sp³-hybridized carbons (Fsp3) is 0. The average Bonchev–Trinajstić information content (AvgIpc) is 2.23. The third kappa shape index (κ3) is 1.86. The van der Waals surface area contributed by atoms with E-state index in [1.54, 1.807) is 18.6 Å². The molecular formula is C10H6Br2N2. The number of rotatable bonds is 1. The quantitative estimate of drug-likeness (QED) is 0.803. The van der Waals surface area contributed by atoms with Gasteiger partial charge in [0.2, 0.25) is 0 Å². The minimum absolute atomic E-state index is 0.918. The van der Waals surface area contributed by atoms with Gasteiger partial charge in [0.15, 0.2) is 0 Å². The molecule has 2 rings (SSSR count). The molecule has 0 spiro atoms. The smallest absolute Gasteiger partial charge is 0.0856 e. The Hall–Kier alpha value is -0.740. The van der Waals surface area contributed by atoms with Gasteiger partial charge in [-0.15, -0.1) is 0 Å². The van der Waals surface area contributed by atoms with Gasteiger partial charge in [0.1, 0.15) is 0 Å². The highest BCUT2D eigenvalue weighted by molar-refractivity contribution is 9.13. The van der Waals surface area contributed by atoms with E-state index in [0.717, 1.165) is 20.2 Å². The predicted molar refractivity (Wildman–Crippen MR) is 62.9 cm³/mol. The summed E-state index contributed by atoms with van der Waals surface area (Å²) in [4.78, 5) is 8.27. The van der Waals surface area contributed by atoms with Gasteiger partial charge >= 0.3 is 0 Å². The molecule has 4 heteroatoms. The van der Waals surface area contributed by atoms with Gasteiger partial charge < -0.3 is 0 Å². The van der Waals surface area contributed by atoms with Gasteiger partial charge in [-0.05, 0) is 50.1 Å². The molecule has 0 N–H and O–H groups in total. The summed E-state index contributed by atoms with van der Waals surface area (Å²) < 4.78 is 1.96. The van der Waals surface area contributed by atoms with Gasteiger partial charge in [0, 0.05) is 28.6 Å². The number of hydrogen-bond donors (Lipinski definition) is 0. The first-order chi connectivity index (χ1) is 6.79. The van der Waals surface area contributed by atoms with Gasteiger partial charge in [-0.1, -0.05) is 0 Å². The third-order valence-electron chi connectivity index (χ3n) is 1.80. The summed E-state index contributed by atoms with van der Waals surface area (Å²) in [6, 6.07) is 5.76. The molecule has 0 radical (unpaired) electrons. The van der Waals surface area contributed by atoms with Gasteiger partial charge in [0.25, 0.3) is 0 Å². The van der Waals surface area contributed by atoms with Gasteiger partial charge in [-0.25, -0.2) is 0 Å². The van der Waals surface area contributed by atoms with Crippen LogP contribution in [0.1, 0.15) is 0 Å². The first-order valence-electron chi connectivity index (χ1n) is 3.99. The minimum atomic E-state index is 0.918. The Morgan fingerprint density at radius 2 is 1.64 bits per heavy atom. The lowest BCUT2D eigenvalue weighted by Gasteiger charge is -2.03. The zero-order valence-electron chi connectivity index (χ0n) is 7.11. The van der Waals surface area contributed by atoms with E-state index in [1.165, 1.54) is 0 Å². The first-order valence-corrected chi connectivity index (χ1v) is 5.58. The molecule has 2 heterocycles. The van der Waals surface area contributed by atoms with Gasteiger partial charge in [-0.2, -0.15) is 0 Å². The highest BCUT2D eigenvalue weighted by Crippen LogP contribution is 2.31. The summed E-state index contributed by atoms with van der Waals surface area (Å²) in [6.45, 7) is 0. The zero-order chi connectivity index (χ0) is 9.97. The molecule has 0 aliphatic heterocycles. The van der Waals surface area contributed by atoms with Crippen molar-refractivity contribution in [3.05, 3.63) is 45.7 Å². The Balaban J connectivity index is 2.58. The molecule has 0 atom stereocenters. The van der Waals surface area contributed by atoms with E-state index in [2.05, 4.69) is 41.8 Å². The lowest BCUT2D eigenvalue weighted by Crippen LogP contribution is -1.85. The maximum absolute atomic E-state index is 4.30. The van der Waals surface area contributed by atoms with Crippen LogP contribution in [0, 0.1) is 0 Å². The van der Waals surface area contributed by atoms with Gasteiger partial charge in [0.05, 0.1) is 10.2 Å². The standard InChI is InChI=1S/C10H6Br2N2/c11-8-3-6-14-10(9(8)12)7-1-4-13-5-2-7/h1-6H. The lowest BCUT2D eigenvalue weighted by atomic mass is 10.2. The number of hydrogen-bond acceptors (Lipinski definition) is 2. The fourth-order valence-electron chi connectivity index (χ4n) is 1.13. The molecule has 2 aromatic heterocycles. The molecule has 0 bridgehead atoms. The molecule has 0 saturated heterocycles. The van der Waals surface area contributed by atoms with Crippen molar-refractivity contribution in [1.82, 2.24) is 9.97 Å². The van der Waals surface area contributed by atoms with Crippen molar-refractivity contribution < 1.29 is 0 Å². The topological polar surface area (TPSA) is 25.8 Å². The molecule has 0 aromatic carbocycles. The van der Waals surface area contributed by atoms with Crippen LogP contribution in [0.2, 0.25) is 0 Å². The van der Waals surface area contributed by atoms with E-state index >= 15 is 0 Å². The van der Waals surface area contributed by atoms with Crippen LogP contribution in [0.5, 0.6) is 0 Å². The number of aromatic nitrogens is 2. The Labute approximate surface area is 98.7 Å². The molecule has 2 nitrogen and oxygen atoms in total. The van der Waals surface area contributed by atoms with Crippen LogP contribution >= 0.6 is 31.9 Å². The number of nitrogens with zero attached hydrogens (tertiary/aromatic N) is 2. The summed E-state index contributed by atoms with van der Waals surface area (Å²) >= 11 is 6.93. The van der Waals surface area contributed by atoms with Crippen LogP contribution in [-0.4, -0.2) is 9.97 Å². The molecular weight excluding hydrogens is 308 g/mol. The molecule has 0 aliphatic rings. The first kappa shape index (κ1) is 9.80. The van der Waals surface area contributed by atoms with Crippen molar-refractivity contribution in [2.24, 2.45) is 0 Å². The molecule has 14 heavy (non-hydrogen) atoms. The van der Waals surface area contributed by atoms with Gasteiger partial charge in [-0.3, -0.25) is 9.97 Å². The molecule has 0 saturated carbocycles. The molecule has 0 unspecified atom stereocenters. The van der Waals surface area contributed by atoms with E-state index < -0.39 is 0 Å². The van der Waals surface area contributed by atoms with Crippen molar-refractivity contribution in [2.75, 3.05) is 0 Å². The van der Waals surface area contributed by atoms with Crippen molar-refractivity contribution in [3.63, 3.8) is 0 Å². The second-order valence-electron chi connectivity index (χ2n) is 2.69. The van der Waals surface area contributed by atoms with Crippen LogP contribution in [-0.2, 0) is 0 Å². The van der Waals surface area contributed by atoms with Crippen LogP contribution in [0.25, 0.3) is 11.3 Å². The summed E-state index contributed by atoms with van der Waals surface area (Å²) in [5, 5.41) is 0. The highest BCUT2D eigenvalue weighted by Gasteiger charge is 2.06. The van der Waals surface area contributed by atoms with E-state index in [0.29, 0.717) is 0 Å². The average molecular weight is 314 g/mol. The van der Waals surface area contributed by atoms with Crippen molar-refractivity contribution in [2.45, 2.75) is 0 Å². The number of pyridine rings is 2. The SMILES string of the molecule is Brc1ccnc(-c2ccncc2)c1Br. The Bertz CT molecular complexity index is 443. The molecule has 70 valence electrons. The zero-order valence-corrected chi connectivity index (χ0v) is 10.3. The lowest BCUT2D eigenvalue weighted by molar-refractivity contribution is 1.27. The second kappa shape index (κ2) is 4.19. The molecule has 2 aromatic rings. The van der Waals surface area contributed by atoms with E-state index in [4.69, 9.17) is 0 Å². The second-order valence-corrected chi connectivity index (χ2v) is 4.34. The van der Waals surface area contributed by atoms with E-state index in [-0.39, 0.29) is 0 Å². The molecule has 0 amide bonds. The maximum Gasteiger partial charge on any atom is 0.0856 e. The van der Waals surface area contributed by atoms with Crippen molar-refractivity contribution >= 4 is 31.9 Å². The van der Waals surface area contributed by atoms with Crippen LogP contribution in [0.3, 0.4) is 0 Å². The van der Waals surface area contributed by atoms with Crippen molar-refractivity contribution in [3.8, 4) is 11.3 Å². The Morgan fingerprint density at radius 1 is 0.929 bits per heavy atom. The fourth-order valence-corrected chi connectivity index (χ4v) is 1.90. The Morgan fingerprint density at radius 3 is 2.36 bits per heavy atom.